The standard InChI is InChI=1S/C16H15NO2S2/c1-10(18)15-12(19-2)7-5-9-14(15)21-16-17-11-6-3-4-8-13(11)20-16/h3-10,18H,1-2H3. The van der Waals surface area contributed by atoms with Gasteiger partial charge in [-0.1, -0.05) is 30.0 Å². The molecule has 0 aliphatic rings. The number of benzene rings is 2. The maximum Gasteiger partial charge on any atom is 0.155 e. The predicted molar refractivity (Wildman–Crippen MR) is 87.4 cm³/mol. The Bertz CT molecular complexity index is 735. The molecule has 1 atom stereocenters. The van der Waals surface area contributed by atoms with Crippen LogP contribution in [0, 0.1) is 0 Å². The maximum absolute atomic E-state index is 10.0. The van der Waals surface area contributed by atoms with Crippen LogP contribution in [-0.4, -0.2) is 17.2 Å². The smallest absolute Gasteiger partial charge is 0.155 e. The highest BCUT2D eigenvalue weighted by atomic mass is 32.2. The van der Waals surface area contributed by atoms with E-state index in [4.69, 9.17) is 4.74 Å². The molecule has 0 fully saturated rings. The molecule has 0 aliphatic carbocycles. The first kappa shape index (κ1) is 14.4. The quantitative estimate of drug-likeness (QED) is 0.769. The van der Waals surface area contributed by atoms with Crippen molar-refractivity contribution in [2.45, 2.75) is 22.3 Å². The molecule has 0 radical (unpaired) electrons. The highest BCUT2D eigenvalue weighted by Gasteiger charge is 2.16. The first-order chi connectivity index (χ1) is 10.2. The lowest BCUT2D eigenvalue weighted by Crippen LogP contribution is -1.98. The molecule has 2 aromatic carbocycles. The van der Waals surface area contributed by atoms with Crippen molar-refractivity contribution in [3.05, 3.63) is 48.0 Å². The van der Waals surface area contributed by atoms with E-state index < -0.39 is 6.10 Å². The van der Waals surface area contributed by atoms with Crippen molar-refractivity contribution in [3.8, 4) is 5.75 Å². The van der Waals surface area contributed by atoms with Gasteiger partial charge in [-0.25, -0.2) is 4.98 Å². The molecule has 0 aliphatic heterocycles. The molecule has 3 nitrogen and oxygen atoms in total. The Kier molecular flexibility index (Phi) is 4.14. The normalized spacial score (nSPS) is 12.5. The third kappa shape index (κ3) is 2.90. The Balaban J connectivity index is 2.01. The number of aliphatic hydroxyl groups excluding tert-OH is 1. The van der Waals surface area contributed by atoms with Gasteiger partial charge in [0.15, 0.2) is 4.34 Å². The fourth-order valence-electron chi connectivity index (χ4n) is 2.19. The average Bonchev–Trinajstić information content (AvgIpc) is 2.88. The zero-order valence-electron chi connectivity index (χ0n) is 11.7. The van der Waals surface area contributed by atoms with Gasteiger partial charge in [0.1, 0.15) is 5.75 Å². The molecule has 0 saturated heterocycles. The minimum absolute atomic E-state index is 0.585. The summed E-state index contributed by atoms with van der Waals surface area (Å²) in [4.78, 5) is 5.60. The van der Waals surface area contributed by atoms with Crippen LogP contribution in [0.15, 0.2) is 51.7 Å². The molecule has 3 rings (SSSR count). The molecule has 3 aromatic rings. The number of para-hydroxylation sites is 1. The van der Waals surface area contributed by atoms with Crippen molar-refractivity contribution in [1.82, 2.24) is 4.98 Å². The largest absolute Gasteiger partial charge is 0.496 e. The van der Waals surface area contributed by atoms with Crippen molar-refractivity contribution in [2.75, 3.05) is 7.11 Å². The number of rotatable bonds is 4. The van der Waals surface area contributed by atoms with Gasteiger partial charge in [-0.15, -0.1) is 11.3 Å². The molecule has 0 saturated carbocycles. The number of ether oxygens (including phenoxy) is 1. The van der Waals surface area contributed by atoms with Crippen LogP contribution in [0.3, 0.4) is 0 Å². The highest BCUT2D eigenvalue weighted by Crippen LogP contribution is 2.40. The van der Waals surface area contributed by atoms with Crippen molar-refractivity contribution in [2.24, 2.45) is 0 Å². The number of thiazole rings is 1. The molecule has 21 heavy (non-hydrogen) atoms. The van der Waals surface area contributed by atoms with Gasteiger partial charge in [0.2, 0.25) is 0 Å². The summed E-state index contributed by atoms with van der Waals surface area (Å²) in [5.74, 6) is 0.705. The number of aromatic nitrogens is 1. The second-order valence-electron chi connectivity index (χ2n) is 4.60. The van der Waals surface area contributed by atoms with Gasteiger partial charge in [-0.05, 0) is 31.2 Å². The zero-order valence-corrected chi connectivity index (χ0v) is 13.4. The lowest BCUT2D eigenvalue weighted by molar-refractivity contribution is 0.191. The fraction of sp³-hybridized carbons (Fsp3) is 0.188. The summed E-state index contributed by atoms with van der Waals surface area (Å²) in [6.45, 7) is 1.75. The average molecular weight is 317 g/mol. The Morgan fingerprint density at radius 2 is 2.00 bits per heavy atom. The summed E-state index contributed by atoms with van der Waals surface area (Å²) in [6.07, 6.45) is -0.585. The van der Waals surface area contributed by atoms with Gasteiger partial charge >= 0.3 is 0 Å². The first-order valence-electron chi connectivity index (χ1n) is 6.57. The van der Waals surface area contributed by atoms with E-state index in [1.54, 1.807) is 37.1 Å². The van der Waals surface area contributed by atoms with Crippen LogP contribution < -0.4 is 4.74 Å². The number of aliphatic hydroxyl groups is 1. The van der Waals surface area contributed by atoms with E-state index in [-0.39, 0.29) is 0 Å². The van der Waals surface area contributed by atoms with Crippen molar-refractivity contribution >= 4 is 33.3 Å². The van der Waals surface area contributed by atoms with E-state index in [1.807, 2.05) is 36.4 Å². The highest BCUT2D eigenvalue weighted by molar-refractivity contribution is 8.01. The van der Waals surface area contributed by atoms with Crippen molar-refractivity contribution < 1.29 is 9.84 Å². The van der Waals surface area contributed by atoms with Gasteiger partial charge < -0.3 is 9.84 Å². The second kappa shape index (κ2) is 6.05. The minimum atomic E-state index is -0.585. The molecule has 108 valence electrons. The topological polar surface area (TPSA) is 42.4 Å². The van der Waals surface area contributed by atoms with Crippen LogP contribution in [0.5, 0.6) is 5.75 Å². The van der Waals surface area contributed by atoms with Crippen LogP contribution >= 0.6 is 23.1 Å². The van der Waals surface area contributed by atoms with E-state index in [9.17, 15) is 5.11 Å². The molecule has 0 bridgehead atoms. The molecule has 1 aromatic heterocycles. The third-order valence-electron chi connectivity index (χ3n) is 3.14. The van der Waals surface area contributed by atoms with Crippen LogP contribution in [-0.2, 0) is 0 Å². The Labute approximate surface area is 131 Å². The Morgan fingerprint density at radius 1 is 1.19 bits per heavy atom. The van der Waals surface area contributed by atoms with E-state index in [2.05, 4.69) is 11.1 Å². The molecular formula is C16H15NO2S2. The molecule has 1 heterocycles. The fourth-order valence-corrected chi connectivity index (χ4v) is 4.45. The Morgan fingerprint density at radius 3 is 2.71 bits per heavy atom. The number of hydrogen-bond acceptors (Lipinski definition) is 5. The van der Waals surface area contributed by atoms with E-state index >= 15 is 0 Å². The molecule has 1 N–H and O–H groups in total. The number of methoxy groups -OCH3 is 1. The molecule has 1 unspecified atom stereocenters. The lowest BCUT2D eigenvalue weighted by atomic mass is 10.1. The molecule has 5 heteroatoms. The van der Waals surface area contributed by atoms with Gasteiger partial charge in [0, 0.05) is 10.5 Å². The van der Waals surface area contributed by atoms with Crippen LogP contribution in [0.2, 0.25) is 0 Å². The number of nitrogens with zero attached hydrogens (tertiary/aromatic N) is 1. The second-order valence-corrected chi connectivity index (χ2v) is 6.92. The zero-order chi connectivity index (χ0) is 14.8. The summed E-state index contributed by atoms with van der Waals surface area (Å²) in [5, 5.41) is 10.0. The van der Waals surface area contributed by atoms with E-state index in [0.29, 0.717) is 5.75 Å². The summed E-state index contributed by atoms with van der Waals surface area (Å²) >= 11 is 3.22. The first-order valence-corrected chi connectivity index (χ1v) is 8.20. The van der Waals surface area contributed by atoms with Gasteiger partial charge in [0.05, 0.1) is 23.4 Å². The van der Waals surface area contributed by atoms with Crippen LogP contribution in [0.1, 0.15) is 18.6 Å². The van der Waals surface area contributed by atoms with Gasteiger partial charge in [-0.2, -0.15) is 0 Å². The third-order valence-corrected chi connectivity index (χ3v) is 5.31. The minimum Gasteiger partial charge on any atom is -0.496 e. The van der Waals surface area contributed by atoms with Crippen LogP contribution in [0.4, 0.5) is 0 Å². The summed E-state index contributed by atoms with van der Waals surface area (Å²) < 4.78 is 7.49. The van der Waals surface area contributed by atoms with E-state index in [0.717, 1.165) is 20.3 Å². The van der Waals surface area contributed by atoms with Gasteiger partial charge in [-0.3, -0.25) is 0 Å². The SMILES string of the molecule is COc1cccc(Sc2nc3ccccc3s2)c1C(C)O. The van der Waals surface area contributed by atoms with Crippen LogP contribution in [0.25, 0.3) is 10.2 Å². The lowest BCUT2D eigenvalue weighted by Gasteiger charge is -2.14. The maximum atomic E-state index is 10.0. The summed E-state index contributed by atoms with van der Waals surface area (Å²) in [5.41, 5.74) is 1.82. The molecule has 0 spiro atoms. The summed E-state index contributed by atoms with van der Waals surface area (Å²) in [6, 6.07) is 13.9. The molecular weight excluding hydrogens is 302 g/mol. The monoisotopic (exact) mass is 317 g/mol. The summed E-state index contributed by atoms with van der Waals surface area (Å²) in [7, 11) is 1.62. The number of hydrogen-bond donors (Lipinski definition) is 1. The van der Waals surface area contributed by atoms with Crippen molar-refractivity contribution in [1.29, 1.82) is 0 Å². The molecule has 0 amide bonds. The predicted octanol–water partition coefficient (Wildman–Crippen LogP) is 4.51. The Hall–Kier alpha value is -1.56. The van der Waals surface area contributed by atoms with Crippen molar-refractivity contribution in [3.63, 3.8) is 0 Å². The number of fused-ring (bicyclic) bond motifs is 1. The van der Waals surface area contributed by atoms with Gasteiger partial charge in [0.25, 0.3) is 0 Å². The van der Waals surface area contributed by atoms with E-state index in [1.165, 1.54) is 4.70 Å².